The van der Waals surface area contributed by atoms with Crippen LogP contribution >= 0.6 is 11.8 Å². The molecule has 0 spiro atoms. The first-order valence-electron chi connectivity index (χ1n) is 7.17. The van der Waals surface area contributed by atoms with Crippen molar-refractivity contribution >= 4 is 11.8 Å². The highest BCUT2D eigenvalue weighted by Crippen LogP contribution is 2.25. The second kappa shape index (κ2) is 6.42. The molecule has 1 aliphatic rings. The number of hydrogen-bond donors (Lipinski definition) is 1. The Kier molecular flexibility index (Phi) is 4.38. The lowest BCUT2D eigenvalue weighted by Crippen LogP contribution is -2.15. The highest BCUT2D eigenvalue weighted by molar-refractivity contribution is 7.98. The zero-order valence-electron chi connectivity index (χ0n) is 11.8. The highest BCUT2D eigenvalue weighted by atomic mass is 32.2. The van der Waals surface area contributed by atoms with Crippen molar-refractivity contribution in [3.8, 4) is 0 Å². The molecule has 0 aliphatic heterocycles. The summed E-state index contributed by atoms with van der Waals surface area (Å²) in [4.78, 5) is 5.77. The van der Waals surface area contributed by atoms with Gasteiger partial charge in [-0.05, 0) is 49.1 Å². The van der Waals surface area contributed by atoms with Gasteiger partial charge in [-0.2, -0.15) is 0 Å². The number of aromatic nitrogens is 1. The van der Waals surface area contributed by atoms with E-state index in [9.17, 15) is 0 Å². The molecule has 2 aromatic rings. The van der Waals surface area contributed by atoms with Crippen molar-refractivity contribution < 1.29 is 0 Å². The van der Waals surface area contributed by atoms with Crippen molar-refractivity contribution in [1.82, 2.24) is 10.3 Å². The smallest absolute Gasteiger partial charge is 0.0535 e. The lowest BCUT2D eigenvalue weighted by molar-refractivity contribution is 0.687. The van der Waals surface area contributed by atoms with Crippen LogP contribution in [0.5, 0.6) is 0 Å². The lowest BCUT2D eigenvalue weighted by Gasteiger charge is -2.07. The van der Waals surface area contributed by atoms with E-state index in [1.165, 1.54) is 34.6 Å². The summed E-state index contributed by atoms with van der Waals surface area (Å²) in [6.07, 6.45) is 4.56. The Bertz CT molecular complexity index is 579. The summed E-state index contributed by atoms with van der Waals surface area (Å²) >= 11 is 1.86. The van der Waals surface area contributed by atoms with Gasteiger partial charge in [0.2, 0.25) is 0 Å². The van der Waals surface area contributed by atoms with Crippen LogP contribution in [0.4, 0.5) is 0 Å². The molecule has 1 aliphatic carbocycles. The normalized spacial score (nSPS) is 14.4. The Morgan fingerprint density at radius 1 is 1.25 bits per heavy atom. The third-order valence-electron chi connectivity index (χ3n) is 3.56. The van der Waals surface area contributed by atoms with Crippen molar-refractivity contribution in [3.63, 3.8) is 0 Å². The molecule has 0 unspecified atom stereocenters. The van der Waals surface area contributed by atoms with Crippen LogP contribution in [0.25, 0.3) is 0 Å². The van der Waals surface area contributed by atoms with Gasteiger partial charge in [-0.25, -0.2) is 0 Å². The summed E-state index contributed by atoms with van der Waals surface area (Å²) in [5.74, 6) is 0.937. The monoisotopic (exact) mass is 284 g/mol. The summed E-state index contributed by atoms with van der Waals surface area (Å²) < 4.78 is 0. The quantitative estimate of drug-likeness (QED) is 0.813. The lowest BCUT2D eigenvalue weighted by atomic mass is 10.2. The summed E-state index contributed by atoms with van der Waals surface area (Å²) in [6, 6.07) is 13.7. The minimum Gasteiger partial charge on any atom is -0.310 e. The topological polar surface area (TPSA) is 24.9 Å². The Morgan fingerprint density at radius 3 is 2.95 bits per heavy atom. The number of thioether (sulfide) groups is 1. The van der Waals surface area contributed by atoms with Crippen LogP contribution in [0, 0.1) is 6.92 Å². The van der Waals surface area contributed by atoms with Crippen molar-refractivity contribution in [2.75, 3.05) is 0 Å². The summed E-state index contributed by atoms with van der Waals surface area (Å²) in [7, 11) is 0. The van der Waals surface area contributed by atoms with E-state index in [1.54, 1.807) is 0 Å². The molecular weight excluding hydrogens is 264 g/mol. The van der Waals surface area contributed by atoms with Gasteiger partial charge in [0.1, 0.15) is 0 Å². The van der Waals surface area contributed by atoms with Crippen molar-refractivity contribution in [3.05, 3.63) is 59.4 Å². The Hall–Kier alpha value is -1.32. The van der Waals surface area contributed by atoms with Crippen LogP contribution in [-0.2, 0) is 12.3 Å². The molecule has 0 saturated heterocycles. The fraction of sp³-hybridized carbons (Fsp3) is 0.353. The van der Waals surface area contributed by atoms with Gasteiger partial charge < -0.3 is 5.32 Å². The molecular formula is C17H20N2S. The van der Waals surface area contributed by atoms with Gasteiger partial charge in [-0.1, -0.05) is 18.2 Å². The summed E-state index contributed by atoms with van der Waals surface area (Å²) in [6.45, 7) is 3.11. The zero-order chi connectivity index (χ0) is 13.8. The van der Waals surface area contributed by atoms with E-state index in [-0.39, 0.29) is 0 Å². The SMILES string of the molecule is Cc1cccnc1CSc1cccc(CNC2CC2)c1. The predicted octanol–water partition coefficient (Wildman–Crippen LogP) is 3.93. The van der Waals surface area contributed by atoms with Crippen molar-refractivity contribution in [2.24, 2.45) is 0 Å². The second-order valence-corrected chi connectivity index (χ2v) is 6.41. The van der Waals surface area contributed by atoms with Gasteiger partial charge >= 0.3 is 0 Å². The van der Waals surface area contributed by atoms with E-state index in [0.717, 1.165) is 18.3 Å². The van der Waals surface area contributed by atoms with E-state index < -0.39 is 0 Å². The number of rotatable bonds is 6. The molecule has 20 heavy (non-hydrogen) atoms. The molecule has 0 amide bonds. The van der Waals surface area contributed by atoms with Crippen molar-refractivity contribution in [1.29, 1.82) is 0 Å². The van der Waals surface area contributed by atoms with Gasteiger partial charge in [-0.15, -0.1) is 11.8 Å². The molecule has 1 aromatic carbocycles. The van der Waals surface area contributed by atoms with E-state index in [0.29, 0.717) is 0 Å². The third kappa shape index (κ3) is 3.84. The second-order valence-electron chi connectivity index (χ2n) is 5.36. The Balaban J connectivity index is 1.59. The minimum atomic E-state index is 0.766. The average molecular weight is 284 g/mol. The molecule has 0 radical (unpaired) electrons. The van der Waals surface area contributed by atoms with Crippen LogP contribution in [0.1, 0.15) is 29.7 Å². The number of hydrogen-bond acceptors (Lipinski definition) is 3. The van der Waals surface area contributed by atoms with Crippen LogP contribution in [0.2, 0.25) is 0 Å². The van der Waals surface area contributed by atoms with Gasteiger partial charge in [-0.3, -0.25) is 4.98 Å². The van der Waals surface area contributed by atoms with Crippen LogP contribution in [0.15, 0.2) is 47.5 Å². The summed E-state index contributed by atoms with van der Waals surface area (Å²) in [5.41, 5.74) is 3.82. The first kappa shape index (κ1) is 13.7. The average Bonchev–Trinajstić information content (AvgIpc) is 3.29. The number of nitrogens with zero attached hydrogens (tertiary/aromatic N) is 1. The third-order valence-corrected chi connectivity index (χ3v) is 4.57. The molecule has 1 heterocycles. The molecule has 0 atom stereocenters. The van der Waals surface area contributed by atoms with Crippen molar-refractivity contribution in [2.45, 2.75) is 43.0 Å². The number of pyridine rings is 1. The number of aryl methyl sites for hydroxylation is 1. The van der Waals surface area contributed by atoms with Gasteiger partial charge in [0.25, 0.3) is 0 Å². The molecule has 0 bridgehead atoms. The van der Waals surface area contributed by atoms with E-state index in [2.05, 4.69) is 47.6 Å². The van der Waals surface area contributed by atoms with E-state index in [1.807, 2.05) is 24.0 Å². The fourth-order valence-electron chi connectivity index (χ4n) is 2.12. The fourth-order valence-corrected chi connectivity index (χ4v) is 3.13. The first-order valence-corrected chi connectivity index (χ1v) is 8.15. The molecule has 1 N–H and O–H groups in total. The Labute approximate surface area is 125 Å². The maximum Gasteiger partial charge on any atom is 0.0535 e. The van der Waals surface area contributed by atoms with E-state index >= 15 is 0 Å². The Morgan fingerprint density at radius 2 is 2.15 bits per heavy atom. The molecule has 3 rings (SSSR count). The van der Waals surface area contributed by atoms with Crippen LogP contribution < -0.4 is 5.32 Å². The minimum absolute atomic E-state index is 0.766. The largest absolute Gasteiger partial charge is 0.310 e. The molecule has 104 valence electrons. The molecule has 2 nitrogen and oxygen atoms in total. The summed E-state index contributed by atoms with van der Waals surface area (Å²) in [5, 5.41) is 3.56. The highest BCUT2D eigenvalue weighted by Gasteiger charge is 2.19. The van der Waals surface area contributed by atoms with E-state index in [4.69, 9.17) is 0 Å². The number of benzene rings is 1. The number of nitrogens with one attached hydrogen (secondary N) is 1. The molecule has 1 fully saturated rings. The first-order chi connectivity index (χ1) is 9.81. The maximum absolute atomic E-state index is 4.45. The zero-order valence-corrected chi connectivity index (χ0v) is 12.6. The van der Waals surface area contributed by atoms with Crippen LogP contribution in [-0.4, -0.2) is 11.0 Å². The van der Waals surface area contributed by atoms with Gasteiger partial charge in [0.05, 0.1) is 5.69 Å². The maximum atomic E-state index is 4.45. The molecule has 1 aromatic heterocycles. The van der Waals surface area contributed by atoms with Gasteiger partial charge in [0.15, 0.2) is 0 Å². The van der Waals surface area contributed by atoms with Crippen LogP contribution in [0.3, 0.4) is 0 Å². The predicted molar refractivity (Wildman–Crippen MR) is 84.8 cm³/mol. The molecule has 1 saturated carbocycles. The standard InChI is InChI=1S/C17H20N2S/c1-13-4-3-9-18-17(13)12-20-16-6-2-5-14(10-16)11-19-15-7-8-15/h2-6,9-10,15,19H,7-8,11-12H2,1H3. The van der Waals surface area contributed by atoms with Gasteiger partial charge in [0, 0.05) is 29.4 Å². The molecule has 3 heteroatoms.